The van der Waals surface area contributed by atoms with Crippen molar-refractivity contribution in [2.75, 3.05) is 12.4 Å². The summed E-state index contributed by atoms with van der Waals surface area (Å²) in [6.07, 6.45) is 1.31. The van der Waals surface area contributed by atoms with Crippen molar-refractivity contribution in [2.45, 2.75) is 6.92 Å². The number of carbonyl (C=O) groups is 2. The van der Waals surface area contributed by atoms with E-state index in [9.17, 15) is 9.59 Å². The first kappa shape index (κ1) is 13.6. The van der Waals surface area contributed by atoms with Gasteiger partial charge in [0.25, 0.3) is 5.91 Å². The highest BCUT2D eigenvalue weighted by atomic mass is 16.5. The smallest absolute Gasteiger partial charge is 0.358 e. The van der Waals surface area contributed by atoms with E-state index in [2.05, 4.69) is 15.5 Å². The molecule has 0 atom stereocenters. The van der Waals surface area contributed by atoms with Crippen molar-refractivity contribution in [3.05, 3.63) is 41.2 Å². The number of aromatic nitrogens is 2. The Labute approximate surface area is 114 Å². The third kappa shape index (κ3) is 2.46. The summed E-state index contributed by atoms with van der Waals surface area (Å²) in [6, 6.07) is 5.20. The zero-order valence-electron chi connectivity index (χ0n) is 10.9. The minimum Gasteiger partial charge on any atom is -0.496 e. The highest BCUT2D eigenvalue weighted by Crippen LogP contribution is 2.23. The van der Waals surface area contributed by atoms with Crippen molar-refractivity contribution in [3.8, 4) is 5.75 Å². The third-order valence-corrected chi connectivity index (χ3v) is 2.77. The van der Waals surface area contributed by atoms with Crippen molar-refractivity contribution in [1.82, 2.24) is 10.2 Å². The molecule has 2 rings (SSSR count). The number of ether oxygens (including phenoxy) is 1. The Bertz CT molecular complexity index is 663. The molecule has 0 fully saturated rings. The Kier molecular flexibility index (Phi) is 3.69. The molecule has 1 aromatic carbocycles. The number of hydrogen-bond acceptors (Lipinski definition) is 4. The summed E-state index contributed by atoms with van der Waals surface area (Å²) >= 11 is 0. The number of benzene rings is 1. The Hall–Kier alpha value is -2.83. The van der Waals surface area contributed by atoms with Gasteiger partial charge in [-0.25, -0.2) is 4.79 Å². The lowest BCUT2D eigenvalue weighted by Gasteiger charge is -2.11. The monoisotopic (exact) mass is 275 g/mol. The fraction of sp³-hybridized carbons (Fsp3) is 0.154. The molecule has 0 unspecified atom stereocenters. The molecule has 2 aromatic rings. The van der Waals surface area contributed by atoms with E-state index in [1.165, 1.54) is 13.3 Å². The van der Waals surface area contributed by atoms with E-state index >= 15 is 0 Å². The summed E-state index contributed by atoms with van der Waals surface area (Å²) in [6.45, 7) is 1.77. The fourth-order valence-electron chi connectivity index (χ4n) is 1.84. The number of anilines is 1. The molecule has 0 spiro atoms. The van der Waals surface area contributed by atoms with Crippen molar-refractivity contribution in [1.29, 1.82) is 0 Å². The maximum absolute atomic E-state index is 12.3. The van der Waals surface area contributed by atoms with Crippen LogP contribution in [0.1, 0.15) is 26.4 Å². The van der Waals surface area contributed by atoms with E-state index in [0.717, 1.165) is 5.56 Å². The number of amides is 1. The van der Waals surface area contributed by atoms with Gasteiger partial charge in [0.1, 0.15) is 5.75 Å². The number of aromatic amines is 1. The van der Waals surface area contributed by atoms with Crippen molar-refractivity contribution in [3.63, 3.8) is 0 Å². The van der Waals surface area contributed by atoms with E-state index < -0.39 is 11.9 Å². The van der Waals surface area contributed by atoms with Gasteiger partial charge in [-0.15, -0.1) is 0 Å². The molecule has 104 valence electrons. The van der Waals surface area contributed by atoms with Gasteiger partial charge in [-0.2, -0.15) is 5.10 Å². The molecule has 0 radical (unpaired) electrons. The average Bonchev–Trinajstić information content (AvgIpc) is 2.86. The lowest BCUT2D eigenvalue weighted by atomic mass is 10.1. The maximum atomic E-state index is 12.3. The molecule has 3 N–H and O–H groups in total. The Morgan fingerprint density at radius 1 is 1.40 bits per heavy atom. The predicted octanol–water partition coefficient (Wildman–Crippen LogP) is 1.68. The fourth-order valence-corrected chi connectivity index (χ4v) is 1.84. The summed E-state index contributed by atoms with van der Waals surface area (Å²) in [5, 5.41) is 17.4. The SMILES string of the molecule is COc1cccc(C)c1C(=O)Nc1c[nH]nc1C(=O)O. The predicted molar refractivity (Wildman–Crippen MR) is 71.2 cm³/mol. The van der Waals surface area contributed by atoms with Gasteiger partial charge >= 0.3 is 5.97 Å². The number of hydrogen-bond donors (Lipinski definition) is 3. The quantitative estimate of drug-likeness (QED) is 0.787. The molecule has 0 aliphatic rings. The van der Waals surface area contributed by atoms with Crippen LogP contribution in [0.3, 0.4) is 0 Å². The molecule has 0 aliphatic carbocycles. The lowest BCUT2D eigenvalue weighted by molar-refractivity contribution is 0.0691. The first-order valence-electron chi connectivity index (χ1n) is 5.76. The van der Waals surface area contributed by atoms with Crippen LogP contribution in [-0.2, 0) is 0 Å². The Balaban J connectivity index is 2.33. The summed E-state index contributed by atoms with van der Waals surface area (Å²) in [7, 11) is 1.46. The molecule has 0 bridgehead atoms. The molecular formula is C13H13N3O4. The van der Waals surface area contributed by atoms with Gasteiger partial charge in [-0.05, 0) is 18.6 Å². The Morgan fingerprint density at radius 2 is 2.15 bits per heavy atom. The van der Waals surface area contributed by atoms with Crippen LogP contribution >= 0.6 is 0 Å². The van der Waals surface area contributed by atoms with Gasteiger partial charge in [-0.3, -0.25) is 9.89 Å². The number of carbonyl (C=O) groups excluding carboxylic acids is 1. The number of H-pyrrole nitrogens is 1. The Morgan fingerprint density at radius 3 is 2.80 bits per heavy atom. The summed E-state index contributed by atoms with van der Waals surface area (Å²) in [5.74, 6) is -1.26. The van der Waals surface area contributed by atoms with Crippen LogP contribution < -0.4 is 10.1 Å². The molecule has 1 heterocycles. The average molecular weight is 275 g/mol. The number of aryl methyl sites for hydroxylation is 1. The molecule has 7 heteroatoms. The number of rotatable bonds is 4. The number of carboxylic acids is 1. The van der Waals surface area contributed by atoms with Crippen LogP contribution in [0.5, 0.6) is 5.75 Å². The number of nitrogens with zero attached hydrogens (tertiary/aromatic N) is 1. The number of carboxylic acid groups (broad SMARTS) is 1. The maximum Gasteiger partial charge on any atom is 0.358 e. The minimum absolute atomic E-state index is 0.104. The van der Waals surface area contributed by atoms with Gasteiger partial charge < -0.3 is 15.2 Å². The zero-order chi connectivity index (χ0) is 14.7. The molecule has 7 nitrogen and oxygen atoms in total. The second-order valence-corrected chi connectivity index (χ2v) is 4.06. The van der Waals surface area contributed by atoms with Gasteiger partial charge in [0.05, 0.1) is 18.4 Å². The topological polar surface area (TPSA) is 104 Å². The molecule has 1 amide bonds. The van der Waals surface area contributed by atoms with Gasteiger partial charge in [0.15, 0.2) is 5.69 Å². The number of nitrogens with one attached hydrogen (secondary N) is 2. The van der Waals surface area contributed by atoms with Crippen LogP contribution in [0.2, 0.25) is 0 Å². The third-order valence-electron chi connectivity index (χ3n) is 2.77. The second kappa shape index (κ2) is 5.43. The van der Waals surface area contributed by atoms with Crippen LogP contribution in [0.4, 0.5) is 5.69 Å². The van der Waals surface area contributed by atoms with Crippen LogP contribution in [-0.4, -0.2) is 34.3 Å². The zero-order valence-corrected chi connectivity index (χ0v) is 10.9. The molecular weight excluding hydrogens is 262 g/mol. The number of aromatic carboxylic acids is 1. The van der Waals surface area contributed by atoms with Crippen LogP contribution in [0.25, 0.3) is 0 Å². The van der Waals surface area contributed by atoms with Crippen molar-refractivity contribution < 1.29 is 19.4 Å². The lowest BCUT2D eigenvalue weighted by Crippen LogP contribution is -2.16. The number of methoxy groups -OCH3 is 1. The second-order valence-electron chi connectivity index (χ2n) is 4.06. The highest BCUT2D eigenvalue weighted by Gasteiger charge is 2.19. The first-order chi connectivity index (χ1) is 9.54. The van der Waals surface area contributed by atoms with E-state index in [-0.39, 0.29) is 11.4 Å². The van der Waals surface area contributed by atoms with Gasteiger partial charge in [0.2, 0.25) is 0 Å². The van der Waals surface area contributed by atoms with Crippen molar-refractivity contribution >= 4 is 17.6 Å². The largest absolute Gasteiger partial charge is 0.496 e. The van der Waals surface area contributed by atoms with Crippen LogP contribution in [0.15, 0.2) is 24.4 Å². The van der Waals surface area contributed by atoms with Gasteiger partial charge in [-0.1, -0.05) is 12.1 Å². The molecule has 1 aromatic heterocycles. The van der Waals surface area contributed by atoms with Gasteiger partial charge in [0, 0.05) is 6.20 Å². The van der Waals surface area contributed by atoms with Crippen molar-refractivity contribution in [2.24, 2.45) is 0 Å². The van der Waals surface area contributed by atoms with E-state index in [1.54, 1.807) is 25.1 Å². The van der Waals surface area contributed by atoms with E-state index in [0.29, 0.717) is 11.3 Å². The molecule has 20 heavy (non-hydrogen) atoms. The molecule has 0 aliphatic heterocycles. The highest BCUT2D eigenvalue weighted by molar-refractivity contribution is 6.09. The van der Waals surface area contributed by atoms with E-state index in [1.807, 2.05) is 0 Å². The van der Waals surface area contributed by atoms with Crippen LogP contribution in [0, 0.1) is 6.92 Å². The summed E-state index contributed by atoms with van der Waals surface area (Å²) in [5.41, 5.74) is 0.938. The summed E-state index contributed by atoms with van der Waals surface area (Å²) < 4.78 is 5.14. The first-order valence-corrected chi connectivity index (χ1v) is 5.76. The standard InChI is InChI=1S/C13H13N3O4/c1-7-4-3-5-9(20-2)10(7)12(17)15-8-6-14-16-11(8)13(18)19/h3-6H,1-2H3,(H,14,16)(H,15,17)(H,18,19). The normalized spacial score (nSPS) is 10.1. The summed E-state index contributed by atoms with van der Waals surface area (Å²) in [4.78, 5) is 23.2. The molecule has 0 saturated heterocycles. The minimum atomic E-state index is -1.22. The van der Waals surface area contributed by atoms with E-state index in [4.69, 9.17) is 9.84 Å². The molecule has 0 saturated carbocycles.